The number of nitrogens with one attached hydrogen (secondary N) is 2. The van der Waals surface area contributed by atoms with E-state index in [-0.39, 0.29) is 18.0 Å². The first-order valence-electron chi connectivity index (χ1n) is 11.4. The van der Waals surface area contributed by atoms with Gasteiger partial charge in [0.25, 0.3) is 0 Å². The van der Waals surface area contributed by atoms with Crippen LogP contribution in [-0.4, -0.2) is 65.8 Å². The monoisotopic (exact) mass is 439 g/mol. The smallest absolute Gasteiger partial charge is 0.126 e. The number of benzene rings is 1. The van der Waals surface area contributed by atoms with Crippen LogP contribution in [0.5, 0.6) is 0 Å². The molecule has 1 aliphatic carbocycles. The topological polar surface area (TPSA) is 53.6 Å². The molecular weight excluding hydrogens is 401 g/mol. The largest absolute Gasteiger partial charge is 0.377 e. The Morgan fingerprint density at radius 3 is 2.67 bits per heavy atom. The average Bonchev–Trinajstić information content (AvgIpc) is 2.76. The maximum absolute atomic E-state index is 14.1. The lowest BCUT2D eigenvalue weighted by Crippen LogP contribution is -2.58. The predicted molar refractivity (Wildman–Crippen MR) is 121 cm³/mol. The number of hydrogen-bond acceptors (Lipinski definition) is 5. The standard InChI is InChI=1S/C23H38FN3O2S/c1-3-25-16-27-14-6-9-22(26-17-30(2)28)23(27)15-29-19-12-10-18(11-13-19)20-7-4-5-8-21(20)24/h4-5,7-8,18-19,22-23,25-26H,3,6,9-17H2,1-2H3/t18?,19?,22-,23+,30?/m1/s1. The lowest BCUT2D eigenvalue weighted by molar-refractivity contribution is -0.0310. The summed E-state index contributed by atoms with van der Waals surface area (Å²) < 4.78 is 32.1. The molecule has 0 spiro atoms. The average molecular weight is 440 g/mol. The Kier molecular flexibility index (Phi) is 9.71. The fraction of sp³-hybridized carbons (Fsp3) is 0.739. The summed E-state index contributed by atoms with van der Waals surface area (Å²) in [6.07, 6.45) is 8.15. The van der Waals surface area contributed by atoms with E-state index in [1.54, 1.807) is 18.4 Å². The molecule has 1 aliphatic heterocycles. The molecular formula is C23H38FN3O2S. The number of nitrogens with zero attached hydrogens (tertiary/aromatic N) is 1. The van der Waals surface area contributed by atoms with Gasteiger partial charge in [-0.1, -0.05) is 25.1 Å². The number of rotatable bonds is 10. The molecule has 1 aromatic rings. The van der Waals surface area contributed by atoms with Crippen LogP contribution in [0.4, 0.5) is 4.39 Å². The highest BCUT2D eigenvalue weighted by molar-refractivity contribution is 7.84. The van der Waals surface area contributed by atoms with Crippen LogP contribution in [0.15, 0.2) is 24.3 Å². The van der Waals surface area contributed by atoms with Gasteiger partial charge in [0.2, 0.25) is 0 Å². The lowest BCUT2D eigenvalue weighted by atomic mass is 9.82. The molecule has 3 rings (SSSR count). The molecule has 2 N–H and O–H groups in total. The van der Waals surface area contributed by atoms with E-state index in [0.717, 1.165) is 63.8 Å². The Morgan fingerprint density at radius 2 is 1.97 bits per heavy atom. The van der Waals surface area contributed by atoms with Crippen LogP contribution >= 0.6 is 0 Å². The minimum Gasteiger partial charge on any atom is -0.377 e. The third-order valence-corrected chi connectivity index (χ3v) is 7.10. The summed E-state index contributed by atoms with van der Waals surface area (Å²) >= 11 is 0. The summed E-state index contributed by atoms with van der Waals surface area (Å²) in [5.41, 5.74) is 0.858. The fourth-order valence-electron chi connectivity index (χ4n) is 4.84. The van der Waals surface area contributed by atoms with Gasteiger partial charge in [0, 0.05) is 35.8 Å². The Bertz CT molecular complexity index is 670. The molecule has 3 atom stereocenters. The highest BCUT2D eigenvalue weighted by Crippen LogP contribution is 2.35. The summed E-state index contributed by atoms with van der Waals surface area (Å²) in [5.74, 6) is 0.759. The van der Waals surface area contributed by atoms with Gasteiger partial charge in [0.05, 0.1) is 18.6 Å². The Balaban J connectivity index is 1.53. The number of likely N-dealkylation sites (tertiary alicyclic amines) is 1. The zero-order chi connectivity index (χ0) is 21.3. The van der Waals surface area contributed by atoms with Crippen LogP contribution in [0.1, 0.15) is 56.9 Å². The van der Waals surface area contributed by atoms with Crippen molar-refractivity contribution in [1.29, 1.82) is 0 Å². The summed E-state index contributed by atoms with van der Waals surface area (Å²) in [4.78, 5) is 2.47. The van der Waals surface area contributed by atoms with E-state index in [2.05, 4.69) is 22.5 Å². The van der Waals surface area contributed by atoms with E-state index in [9.17, 15) is 8.60 Å². The van der Waals surface area contributed by atoms with Crippen molar-refractivity contribution in [2.24, 2.45) is 0 Å². The summed E-state index contributed by atoms with van der Waals surface area (Å²) in [6.45, 7) is 5.68. The molecule has 1 aromatic carbocycles. The third-order valence-electron chi connectivity index (χ3n) is 6.53. The first kappa shape index (κ1) is 23.8. The third kappa shape index (κ3) is 6.82. The van der Waals surface area contributed by atoms with E-state index in [0.29, 0.717) is 24.4 Å². The van der Waals surface area contributed by atoms with Crippen molar-refractivity contribution < 1.29 is 13.3 Å². The number of piperidine rings is 1. The van der Waals surface area contributed by atoms with Gasteiger partial charge >= 0.3 is 0 Å². The van der Waals surface area contributed by atoms with Gasteiger partial charge in [-0.2, -0.15) is 0 Å². The Morgan fingerprint density at radius 1 is 1.20 bits per heavy atom. The number of ether oxygens (including phenoxy) is 1. The van der Waals surface area contributed by atoms with E-state index >= 15 is 0 Å². The van der Waals surface area contributed by atoms with Crippen LogP contribution in [0.3, 0.4) is 0 Å². The van der Waals surface area contributed by atoms with E-state index in [1.165, 1.54) is 0 Å². The second-order valence-electron chi connectivity index (χ2n) is 8.64. The van der Waals surface area contributed by atoms with Crippen molar-refractivity contribution in [1.82, 2.24) is 15.5 Å². The molecule has 1 saturated carbocycles. The maximum Gasteiger partial charge on any atom is 0.126 e. The molecule has 0 amide bonds. The first-order chi connectivity index (χ1) is 14.6. The second kappa shape index (κ2) is 12.2. The quantitative estimate of drug-likeness (QED) is 0.586. The zero-order valence-corrected chi connectivity index (χ0v) is 19.3. The highest BCUT2D eigenvalue weighted by Gasteiger charge is 2.33. The molecule has 1 saturated heterocycles. The summed E-state index contributed by atoms with van der Waals surface area (Å²) in [7, 11) is -0.848. The SMILES string of the molecule is CCNCN1CCC[C@@H](NCS(C)=O)[C@@H]1COC1CCC(c2ccccc2F)CC1. The van der Waals surface area contributed by atoms with Gasteiger partial charge in [-0.15, -0.1) is 0 Å². The van der Waals surface area contributed by atoms with Crippen molar-refractivity contribution >= 4 is 10.8 Å². The Labute approximate surface area is 183 Å². The zero-order valence-electron chi connectivity index (χ0n) is 18.4. The molecule has 30 heavy (non-hydrogen) atoms. The van der Waals surface area contributed by atoms with Crippen LogP contribution in [0, 0.1) is 5.82 Å². The van der Waals surface area contributed by atoms with Crippen molar-refractivity contribution in [2.75, 3.05) is 38.5 Å². The van der Waals surface area contributed by atoms with Gasteiger partial charge < -0.3 is 15.4 Å². The van der Waals surface area contributed by atoms with Gasteiger partial charge in [0.15, 0.2) is 0 Å². The summed E-state index contributed by atoms with van der Waals surface area (Å²) in [5, 5.41) is 6.96. The number of halogens is 1. The van der Waals surface area contributed by atoms with E-state index in [1.807, 2.05) is 12.1 Å². The van der Waals surface area contributed by atoms with Crippen LogP contribution < -0.4 is 10.6 Å². The summed E-state index contributed by atoms with van der Waals surface area (Å²) in [6, 6.07) is 7.77. The maximum atomic E-state index is 14.1. The molecule has 0 aromatic heterocycles. The van der Waals surface area contributed by atoms with Crippen LogP contribution in [0.2, 0.25) is 0 Å². The van der Waals surface area contributed by atoms with Gasteiger partial charge in [-0.3, -0.25) is 9.11 Å². The second-order valence-corrected chi connectivity index (χ2v) is 10.1. The molecule has 170 valence electrons. The van der Waals surface area contributed by atoms with Gasteiger partial charge in [-0.25, -0.2) is 4.39 Å². The van der Waals surface area contributed by atoms with E-state index in [4.69, 9.17) is 4.74 Å². The van der Waals surface area contributed by atoms with Crippen molar-refractivity contribution in [3.63, 3.8) is 0 Å². The molecule has 0 bridgehead atoms. The van der Waals surface area contributed by atoms with Crippen LogP contribution in [0.25, 0.3) is 0 Å². The number of hydrogen-bond donors (Lipinski definition) is 2. The molecule has 7 heteroatoms. The van der Waals surface area contributed by atoms with Gasteiger partial charge in [0.1, 0.15) is 5.82 Å². The molecule has 5 nitrogen and oxygen atoms in total. The molecule has 2 aliphatic rings. The molecule has 1 heterocycles. The van der Waals surface area contributed by atoms with Crippen molar-refractivity contribution in [3.8, 4) is 0 Å². The lowest BCUT2D eigenvalue weighted by Gasteiger charge is -2.42. The predicted octanol–water partition coefficient (Wildman–Crippen LogP) is 3.19. The molecule has 1 unspecified atom stereocenters. The highest BCUT2D eigenvalue weighted by atomic mass is 32.2. The van der Waals surface area contributed by atoms with Gasteiger partial charge in [-0.05, 0) is 69.2 Å². The van der Waals surface area contributed by atoms with Crippen LogP contribution in [-0.2, 0) is 15.5 Å². The van der Waals surface area contributed by atoms with Crippen molar-refractivity contribution in [3.05, 3.63) is 35.6 Å². The molecule has 0 radical (unpaired) electrons. The first-order valence-corrected chi connectivity index (χ1v) is 13.2. The minimum absolute atomic E-state index is 0.0784. The van der Waals surface area contributed by atoms with Crippen molar-refractivity contribution in [2.45, 2.75) is 69.6 Å². The normalized spacial score (nSPS) is 29.0. The fourth-order valence-corrected chi connectivity index (χ4v) is 5.29. The van der Waals surface area contributed by atoms with E-state index < -0.39 is 10.8 Å². The minimum atomic E-state index is -0.848. The molecule has 2 fully saturated rings. The Hall–Kier alpha value is -0.860.